The number of allylic oxidation sites excluding steroid dienone is 9. The number of nitrogens with one attached hydrogen (secondary N) is 1. The lowest BCUT2D eigenvalue weighted by molar-refractivity contribution is -0.870. The van der Waals surface area contributed by atoms with Crippen molar-refractivity contribution in [2.24, 2.45) is 0 Å². The molecule has 0 saturated carbocycles. The quantitative estimate of drug-likeness (QED) is 0.0243. The number of likely N-dealkylation sites (N-methyl/N-ethyl adjacent to an activating group) is 1. The summed E-state index contributed by atoms with van der Waals surface area (Å²) in [6.07, 6.45) is 69.0. The van der Waals surface area contributed by atoms with E-state index in [9.17, 15) is 19.4 Å². The number of unbranched alkanes of at least 4 members (excludes halogenated alkanes) is 32. The standard InChI is InChI=1S/C60H113N2O6P/c1-6-8-10-12-14-16-18-20-22-24-26-28-29-30-31-32-34-35-37-39-41-43-45-47-49-51-53-59(63)58(57-68-69(65,66)67-56-55-62(3,4)5)61-60(64)54-52-50-48-46-44-42-40-38-36-33-27-25-23-21-19-17-15-13-11-9-7-2/h19,21,25,27,36,38,43,45,51,53,58-59,63H,6-18,20,22-24,26,28-35,37,39-42,44,46-50,52,54-57H2,1-5H3,(H-,61,64,65,66)/p+1/b21-19-,27-25-,38-36-,45-43+,53-51+. The van der Waals surface area contributed by atoms with Crippen molar-refractivity contribution in [2.45, 2.75) is 276 Å². The third kappa shape index (κ3) is 53.8. The highest BCUT2D eigenvalue weighted by Gasteiger charge is 2.27. The Kier molecular flexibility index (Phi) is 49.8. The van der Waals surface area contributed by atoms with Gasteiger partial charge in [0.05, 0.1) is 39.9 Å². The van der Waals surface area contributed by atoms with Crippen molar-refractivity contribution in [3.8, 4) is 0 Å². The highest BCUT2D eigenvalue weighted by Crippen LogP contribution is 2.43. The summed E-state index contributed by atoms with van der Waals surface area (Å²) in [6, 6.07) is -0.874. The van der Waals surface area contributed by atoms with Crippen LogP contribution in [-0.2, 0) is 18.4 Å². The Hall–Kier alpha value is -1.80. The van der Waals surface area contributed by atoms with Gasteiger partial charge in [-0.25, -0.2) is 4.57 Å². The number of aliphatic hydroxyl groups excluding tert-OH is 1. The average molecular weight is 991 g/mol. The van der Waals surface area contributed by atoms with E-state index in [1.807, 2.05) is 27.2 Å². The molecule has 0 heterocycles. The van der Waals surface area contributed by atoms with Gasteiger partial charge in [-0.1, -0.05) is 248 Å². The van der Waals surface area contributed by atoms with Gasteiger partial charge in [0, 0.05) is 6.42 Å². The number of carbonyl (C=O) groups excluding carboxylic acids is 1. The summed E-state index contributed by atoms with van der Waals surface area (Å²) >= 11 is 0. The molecule has 1 amide bonds. The molecule has 0 aliphatic rings. The van der Waals surface area contributed by atoms with E-state index in [0.717, 1.165) is 64.2 Å². The molecule has 0 aromatic heterocycles. The van der Waals surface area contributed by atoms with E-state index in [2.05, 4.69) is 67.8 Å². The lowest BCUT2D eigenvalue weighted by Gasteiger charge is -2.25. The number of phosphoric acid groups is 1. The maximum absolute atomic E-state index is 13.0. The van der Waals surface area contributed by atoms with Gasteiger partial charge >= 0.3 is 7.82 Å². The first-order valence-electron chi connectivity index (χ1n) is 29.2. The fraction of sp³-hybridized carbons (Fsp3) is 0.817. The number of aliphatic hydroxyl groups is 1. The number of hydrogen-bond donors (Lipinski definition) is 3. The average Bonchev–Trinajstić information content (AvgIpc) is 3.31. The lowest BCUT2D eigenvalue weighted by Crippen LogP contribution is -2.45. The molecule has 0 aliphatic carbocycles. The minimum absolute atomic E-state index is 0.0514. The van der Waals surface area contributed by atoms with Crippen LogP contribution in [-0.4, -0.2) is 73.4 Å². The molecule has 8 nitrogen and oxygen atoms in total. The van der Waals surface area contributed by atoms with Crippen LogP contribution in [0.1, 0.15) is 264 Å². The molecule has 404 valence electrons. The van der Waals surface area contributed by atoms with Crippen molar-refractivity contribution < 1.29 is 32.9 Å². The number of phosphoric ester groups is 1. The number of carbonyl (C=O) groups is 1. The van der Waals surface area contributed by atoms with Crippen LogP contribution in [0.15, 0.2) is 60.8 Å². The molecule has 3 unspecified atom stereocenters. The van der Waals surface area contributed by atoms with Crippen LogP contribution in [0, 0.1) is 0 Å². The first kappa shape index (κ1) is 67.2. The van der Waals surface area contributed by atoms with Crippen LogP contribution in [0.4, 0.5) is 0 Å². The van der Waals surface area contributed by atoms with Gasteiger partial charge < -0.3 is 19.8 Å². The Morgan fingerprint density at radius 1 is 0.493 bits per heavy atom. The zero-order valence-electron chi connectivity index (χ0n) is 46.0. The number of rotatable bonds is 53. The number of hydrogen-bond acceptors (Lipinski definition) is 5. The number of nitrogens with zero attached hydrogens (tertiary/aromatic N) is 1. The molecule has 0 aliphatic heterocycles. The second kappa shape index (κ2) is 51.1. The number of quaternary nitrogens is 1. The first-order valence-corrected chi connectivity index (χ1v) is 30.7. The summed E-state index contributed by atoms with van der Waals surface area (Å²) in [5.41, 5.74) is 0. The Balaban J connectivity index is 4.28. The molecule has 0 saturated heterocycles. The van der Waals surface area contributed by atoms with Crippen LogP contribution in [0.3, 0.4) is 0 Å². The minimum atomic E-state index is -4.36. The third-order valence-corrected chi connectivity index (χ3v) is 13.9. The van der Waals surface area contributed by atoms with Gasteiger partial charge in [0.25, 0.3) is 0 Å². The smallest absolute Gasteiger partial charge is 0.387 e. The summed E-state index contributed by atoms with van der Waals surface area (Å²) < 4.78 is 23.7. The zero-order chi connectivity index (χ0) is 50.6. The molecule has 0 spiro atoms. The monoisotopic (exact) mass is 990 g/mol. The summed E-state index contributed by atoms with van der Waals surface area (Å²) in [5, 5.41) is 13.9. The van der Waals surface area contributed by atoms with E-state index in [1.54, 1.807) is 6.08 Å². The van der Waals surface area contributed by atoms with Crippen LogP contribution in [0.2, 0.25) is 0 Å². The van der Waals surface area contributed by atoms with E-state index in [-0.39, 0.29) is 19.1 Å². The van der Waals surface area contributed by atoms with Crippen molar-refractivity contribution in [3.05, 3.63) is 60.8 Å². The maximum atomic E-state index is 13.0. The Labute approximate surface area is 428 Å². The molecule has 3 atom stereocenters. The molecule has 0 radical (unpaired) electrons. The SMILES string of the molecule is CCCCCCC/C=C\C/C=C\C/C=C\CCCCCCCCC(=O)NC(COP(=O)(O)OCC[N+](C)(C)C)C(O)/C=C/CC/C=C/CCCCCCCCCCCCCCCCCCCCCC. The maximum Gasteiger partial charge on any atom is 0.472 e. The molecule has 0 bridgehead atoms. The Bertz CT molecular complexity index is 1310. The van der Waals surface area contributed by atoms with Crippen molar-refractivity contribution in [1.29, 1.82) is 0 Å². The highest BCUT2D eigenvalue weighted by molar-refractivity contribution is 7.47. The zero-order valence-corrected chi connectivity index (χ0v) is 46.9. The Morgan fingerprint density at radius 2 is 0.841 bits per heavy atom. The molecule has 0 aromatic rings. The van der Waals surface area contributed by atoms with Crippen LogP contribution in [0.5, 0.6) is 0 Å². The van der Waals surface area contributed by atoms with Gasteiger partial charge in [-0.2, -0.15) is 0 Å². The predicted octanol–water partition coefficient (Wildman–Crippen LogP) is 17.7. The predicted molar refractivity (Wildman–Crippen MR) is 300 cm³/mol. The van der Waals surface area contributed by atoms with Crippen molar-refractivity contribution in [3.63, 3.8) is 0 Å². The summed E-state index contributed by atoms with van der Waals surface area (Å²) in [6.45, 7) is 4.79. The second-order valence-corrected chi connectivity index (χ2v) is 22.5. The highest BCUT2D eigenvalue weighted by atomic mass is 31.2. The van der Waals surface area contributed by atoms with Crippen molar-refractivity contribution in [2.75, 3.05) is 40.9 Å². The fourth-order valence-electron chi connectivity index (χ4n) is 8.36. The minimum Gasteiger partial charge on any atom is -0.387 e. The van der Waals surface area contributed by atoms with Gasteiger partial charge in [0.1, 0.15) is 13.2 Å². The molecule has 9 heteroatoms. The number of amides is 1. The summed E-state index contributed by atoms with van der Waals surface area (Å²) in [4.78, 5) is 23.3. The van der Waals surface area contributed by atoms with E-state index in [0.29, 0.717) is 17.4 Å². The van der Waals surface area contributed by atoms with Crippen molar-refractivity contribution >= 4 is 13.7 Å². The normalized spacial score (nSPS) is 14.4. The van der Waals surface area contributed by atoms with E-state index < -0.39 is 20.0 Å². The molecular formula is C60H114N2O6P+. The molecule has 0 rings (SSSR count). The van der Waals surface area contributed by atoms with Gasteiger partial charge in [0.15, 0.2) is 0 Å². The van der Waals surface area contributed by atoms with Gasteiger partial charge in [0.2, 0.25) is 5.91 Å². The lowest BCUT2D eigenvalue weighted by atomic mass is 10.0. The topological polar surface area (TPSA) is 105 Å². The van der Waals surface area contributed by atoms with E-state index in [1.165, 1.54) is 180 Å². The van der Waals surface area contributed by atoms with Gasteiger partial charge in [-0.3, -0.25) is 13.8 Å². The summed E-state index contributed by atoms with van der Waals surface area (Å²) in [7, 11) is 1.54. The molecular weight excluding hydrogens is 876 g/mol. The largest absolute Gasteiger partial charge is 0.472 e. The molecule has 69 heavy (non-hydrogen) atoms. The fourth-order valence-corrected chi connectivity index (χ4v) is 9.10. The first-order chi connectivity index (χ1) is 33.5. The van der Waals surface area contributed by atoms with Crippen LogP contribution in [0.25, 0.3) is 0 Å². The van der Waals surface area contributed by atoms with Crippen molar-refractivity contribution in [1.82, 2.24) is 5.32 Å². The van der Waals surface area contributed by atoms with E-state index >= 15 is 0 Å². The van der Waals surface area contributed by atoms with Crippen LogP contribution >= 0.6 is 7.82 Å². The van der Waals surface area contributed by atoms with Gasteiger partial charge in [-0.05, 0) is 70.6 Å². The molecule has 0 aromatic carbocycles. The van der Waals surface area contributed by atoms with Crippen LogP contribution < -0.4 is 5.32 Å². The molecule has 3 N–H and O–H groups in total. The second-order valence-electron chi connectivity index (χ2n) is 21.0. The van der Waals surface area contributed by atoms with Gasteiger partial charge in [-0.15, -0.1) is 0 Å². The third-order valence-electron chi connectivity index (χ3n) is 13.0. The van der Waals surface area contributed by atoms with E-state index in [4.69, 9.17) is 9.05 Å². The Morgan fingerprint density at radius 3 is 1.26 bits per heavy atom. The summed E-state index contributed by atoms with van der Waals surface area (Å²) in [5.74, 6) is -0.198. The molecule has 0 fully saturated rings.